The van der Waals surface area contributed by atoms with E-state index >= 15 is 0 Å². The van der Waals surface area contributed by atoms with Crippen LogP contribution in [0.15, 0.2) is 30.5 Å². The number of nitrogens with one attached hydrogen (secondary N) is 1. The topological polar surface area (TPSA) is 53.1 Å². The van der Waals surface area contributed by atoms with Crippen molar-refractivity contribution in [1.82, 2.24) is 4.98 Å². The molecule has 0 spiro atoms. The van der Waals surface area contributed by atoms with Gasteiger partial charge in [0, 0.05) is 11.7 Å². The van der Waals surface area contributed by atoms with Crippen LogP contribution in [0.1, 0.15) is 18.4 Å². The van der Waals surface area contributed by atoms with Crippen LogP contribution in [0.25, 0.3) is 10.9 Å². The fourth-order valence-corrected chi connectivity index (χ4v) is 1.60. The Hall–Kier alpha value is -1.77. The van der Waals surface area contributed by atoms with Crippen molar-refractivity contribution in [2.45, 2.75) is 12.8 Å². The fourth-order valence-electron chi connectivity index (χ4n) is 1.60. The molecule has 3 heteroatoms. The molecule has 0 aliphatic rings. The zero-order chi connectivity index (χ0) is 10.1. The van der Waals surface area contributed by atoms with E-state index in [4.69, 9.17) is 5.11 Å². The number of carbonyl (C=O) groups is 1. The van der Waals surface area contributed by atoms with Crippen LogP contribution in [-0.4, -0.2) is 16.1 Å². The first-order chi connectivity index (χ1) is 6.70. The monoisotopic (exact) mass is 189 g/mol. The predicted octanol–water partition coefficient (Wildman–Crippen LogP) is 2.36. The van der Waals surface area contributed by atoms with Crippen LogP contribution in [0.4, 0.5) is 0 Å². The van der Waals surface area contributed by atoms with E-state index in [1.165, 1.54) is 0 Å². The Morgan fingerprint density at radius 2 is 2.21 bits per heavy atom. The maximum absolute atomic E-state index is 10.9. The van der Waals surface area contributed by atoms with E-state index in [0.29, 0.717) is 0 Å². The van der Waals surface area contributed by atoms with E-state index < -0.39 is 11.9 Å². The molecule has 0 saturated carbocycles. The highest BCUT2D eigenvalue weighted by molar-refractivity contribution is 5.88. The average molecular weight is 189 g/mol. The van der Waals surface area contributed by atoms with Gasteiger partial charge in [0.1, 0.15) is 0 Å². The first-order valence-corrected chi connectivity index (χ1v) is 4.49. The number of para-hydroxylation sites is 1. The molecule has 0 saturated heterocycles. The zero-order valence-electron chi connectivity index (χ0n) is 7.82. The van der Waals surface area contributed by atoms with Gasteiger partial charge in [-0.3, -0.25) is 4.79 Å². The minimum Gasteiger partial charge on any atom is -0.481 e. The van der Waals surface area contributed by atoms with Gasteiger partial charge in [-0.1, -0.05) is 18.2 Å². The molecular weight excluding hydrogens is 178 g/mol. The molecular formula is C11H11NO2. The van der Waals surface area contributed by atoms with Crippen LogP contribution in [0, 0.1) is 0 Å². The van der Waals surface area contributed by atoms with Crippen LogP contribution in [0.2, 0.25) is 0 Å². The minimum atomic E-state index is -0.799. The average Bonchev–Trinajstić information content (AvgIpc) is 2.63. The molecule has 0 amide bonds. The lowest BCUT2D eigenvalue weighted by atomic mass is 9.99. The van der Waals surface area contributed by atoms with Crippen LogP contribution in [0.3, 0.4) is 0 Å². The van der Waals surface area contributed by atoms with Crippen molar-refractivity contribution < 1.29 is 9.90 Å². The number of fused-ring (bicyclic) bond motifs is 1. The number of hydrogen-bond donors (Lipinski definition) is 2. The first kappa shape index (κ1) is 8.81. The Morgan fingerprint density at radius 1 is 1.43 bits per heavy atom. The third-order valence-corrected chi connectivity index (χ3v) is 2.46. The van der Waals surface area contributed by atoms with Gasteiger partial charge in [0.15, 0.2) is 0 Å². The second kappa shape index (κ2) is 3.18. The summed E-state index contributed by atoms with van der Waals surface area (Å²) in [6, 6.07) is 7.62. The molecule has 0 bridgehead atoms. The van der Waals surface area contributed by atoms with Gasteiger partial charge in [-0.2, -0.15) is 0 Å². The molecule has 1 aromatic heterocycles. The van der Waals surface area contributed by atoms with Crippen molar-refractivity contribution >= 4 is 16.9 Å². The maximum Gasteiger partial charge on any atom is 0.310 e. The van der Waals surface area contributed by atoms with Gasteiger partial charge in [0.25, 0.3) is 0 Å². The van der Waals surface area contributed by atoms with E-state index in [1.807, 2.05) is 30.5 Å². The summed E-state index contributed by atoms with van der Waals surface area (Å²) in [6.45, 7) is 1.69. The van der Waals surface area contributed by atoms with E-state index in [9.17, 15) is 4.79 Å². The number of carboxylic acid groups (broad SMARTS) is 1. The van der Waals surface area contributed by atoms with E-state index in [2.05, 4.69) is 4.98 Å². The lowest BCUT2D eigenvalue weighted by Gasteiger charge is -2.07. The summed E-state index contributed by atoms with van der Waals surface area (Å²) >= 11 is 0. The quantitative estimate of drug-likeness (QED) is 0.761. The summed E-state index contributed by atoms with van der Waals surface area (Å²) in [5, 5.41) is 9.97. The molecule has 0 radical (unpaired) electrons. The fraction of sp³-hybridized carbons (Fsp3) is 0.182. The molecule has 3 nitrogen and oxygen atoms in total. The number of aromatic amines is 1. The molecule has 1 heterocycles. The number of aromatic nitrogens is 1. The Balaban J connectivity index is 2.61. The van der Waals surface area contributed by atoms with Gasteiger partial charge < -0.3 is 10.1 Å². The SMILES string of the molecule is CC(C(=O)O)c1cccc2cc[nH]c12. The molecule has 72 valence electrons. The smallest absolute Gasteiger partial charge is 0.310 e. The van der Waals surface area contributed by atoms with Gasteiger partial charge in [-0.15, -0.1) is 0 Å². The van der Waals surface area contributed by atoms with E-state index in [-0.39, 0.29) is 0 Å². The Morgan fingerprint density at radius 3 is 2.93 bits per heavy atom. The largest absolute Gasteiger partial charge is 0.481 e. The summed E-state index contributed by atoms with van der Waals surface area (Å²) in [5.41, 5.74) is 1.75. The standard InChI is InChI=1S/C11H11NO2/c1-7(11(13)14)9-4-2-3-8-5-6-12-10(8)9/h2-7,12H,1H3,(H,13,14). The molecule has 2 N–H and O–H groups in total. The maximum atomic E-state index is 10.9. The molecule has 0 aliphatic carbocycles. The summed E-state index contributed by atoms with van der Waals surface area (Å²) < 4.78 is 0. The number of benzene rings is 1. The molecule has 2 aromatic rings. The molecule has 14 heavy (non-hydrogen) atoms. The summed E-state index contributed by atoms with van der Waals surface area (Å²) in [5.74, 6) is -1.27. The lowest BCUT2D eigenvalue weighted by molar-refractivity contribution is -0.138. The van der Waals surface area contributed by atoms with Crippen molar-refractivity contribution in [2.75, 3.05) is 0 Å². The second-order valence-electron chi connectivity index (χ2n) is 3.35. The van der Waals surface area contributed by atoms with Crippen LogP contribution in [0.5, 0.6) is 0 Å². The van der Waals surface area contributed by atoms with Crippen molar-refractivity contribution in [3.05, 3.63) is 36.0 Å². The van der Waals surface area contributed by atoms with Crippen molar-refractivity contribution in [3.8, 4) is 0 Å². The van der Waals surface area contributed by atoms with Crippen LogP contribution in [-0.2, 0) is 4.79 Å². The summed E-state index contributed by atoms with van der Waals surface area (Å²) in [7, 11) is 0. The first-order valence-electron chi connectivity index (χ1n) is 4.49. The molecule has 1 aromatic carbocycles. The third kappa shape index (κ3) is 1.27. The summed E-state index contributed by atoms with van der Waals surface area (Å²) in [6.07, 6.45) is 1.82. The number of carboxylic acids is 1. The second-order valence-corrected chi connectivity index (χ2v) is 3.35. The predicted molar refractivity (Wildman–Crippen MR) is 54.3 cm³/mol. The summed E-state index contributed by atoms with van der Waals surface area (Å²) in [4.78, 5) is 13.9. The van der Waals surface area contributed by atoms with Crippen molar-refractivity contribution in [3.63, 3.8) is 0 Å². The third-order valence-electron chi connectivity index (χ3n) is 2.46. The highest BCUT2D eigenvalue weighted by atomic mass is 16.4. The highest BCUT2D eigenvalue weighted by Crippen LogP contribution is 2.24. The Bertz CT molecular complexity index is 473. The number of H-pyrrole nitrogens is 1. The molecule has 0 fully saturated rings. The van der Waals surface area contributed by atoms with Gasteiger partial charge in [0.2, 0.25) is 0 Å². The van der Waals surface area contributed by atoms with Crippen molar-refractivity contribution in [1.29, 1.82) is 0 Å². The molecule has 1 unspecified atom stereocenters. The zero-order valence-corrected chi connectivity index (χ0v) is 7.82. The van der Waals surface area contributed by atoms with Gasteiger partial charge in [0.05, 0.1) is 5.92 Å². The van der Waals surface area contributed by atoms with Gasteiger partial charge in [-0.25, -0.2) is 0 Å². The molecule has 0 aliphatic heterocycles. The lowest BCUT2D eigenvalue weighted by Crippen LogP contribution is -2.07. The van der Waals surface area contributed by atoms with E-state index in [0.717, 1.165) is 16.5 Å². The highest BCUT2D eigenvalue weighted by Gasteiger charge is 2.16. The van der Waals surface area contributed by atoms with Gasteiger partial charge in [-0.05, 0) is 23.9 Å². The number of rotatable bonds is 2. The van der Waals surface area contributed by atoms with Crippen LogP contribution < -0.4 is 0 Å². The molecule has 2 rings (SSSR count). The number of hydrogen-bond acceptors (Lipinski definition) is 1. The minimum absolute atomic E-state index is 0.475. The molecule has 1 atom stereocenters. The normalized spacial score (nSPS) is 12.9. The Labute approximate surface area is 81.4 Å². The van der Waals surface area contributed by atoms with Crippen LogP contribution >= 0.6 is 0 Å². The van der Waals surface area contributed by atoms with Crippen molar-refractivity contribution in [2.24, 2.45) is 0 Å². The Kier molecular flexibility index (Phi) is 2.00. The number of aliphatic carboxylic acids is 1. The van der Waals surface area contributed by atoms with Gasteiger partial charge >= 0.3 is 5.97 Å². The van der Waals surface area contributed by atoms with E-state index in [1.54, 1.807) is 6.92 Å².